The minimum atomic E-state index is -0.268. The van der Waals surface area contributed by atoms with Crippen LogP contribution in [0.25, 0.3) is 0 Å². The second kappa shape index (κ2) is 12.4. The summed E-state index contributed by atoms with van der Waals surface area (Å²) in [4.78, 5) is 24.0. The van der Waals surface area contributed by atoms with E-state index in [1.807, 2.05) is 0 Å². The monoisotopic (exact) mass is 451 g/mol. The van der Waals surface area contributed by atoms with Gasteiger partial charge in [0.1, 0.15) is 0 Å². The summed E-state index contributed by atoms with van der Waals surface area (Å²) in [5.74, 6) is -0.360. The van der Waals surface area contributed by atoms with Crippen LogP contribution >= 0.6 is 35.4 Å². The molecular formula is C21H23Cl2N3O2S. The smallest absolute Gasteiger partial charge is 0.257 e. The molecule has 0 fully saturated rings. The van der Waals surface area contributed by atoms with Crippen LogP contribution in [0.3, 0.4) is 0 Å². The van der Waals surface area contributed by atoms with Crippen molar-refractivity contribution < 1.29 is 9.59 Å². The molecule has 0 aliphatic heterocycles. The van der Waals surface area contributed by atoms with Crippen molar-refractivity contribution in [2.45, 2.75) is 25.7 Å². The molecule has 3 N–H and O–H groups in total. The number of carbonyl (C=O) groups is 2. The van der Waals surface area contributed by atoms with Crippen LogP contribution in [0, 0.1) is 0 Å². The van der Waals surface area contributed by atoms with Gasteiger partial charge in [-0.1, -0.05) is 36.0 Å². The fourth-order valence-electron chi connectivity index (χ4n) is 2.53. The van der Waals surface area contributed by atoms with E-state index >= 15 is 0 Å². The van der Waals surface area contributed by atoms with Crippen molar-refractivity contribution in [3.8, 4) is 0 Å². The molecular weight excluding hydrogens is 429 g/mol. The van der Waals surface area contributed by atoms with Crippen LogP contribution in [0.15, 0.2) is 48.5 Å². The van der Waals surface area contributed by atoms with E-state index in [-0.39, 0.29) is 11.8 Å². The third-order valence-corrected chi connectivity index (χ3v) is 4.86. The summed E-state index contributed by atoms with van der Waals surface area (Å²) in [5.41, 5.74) is 1.10. The van der Waals surface area contributed by atoms with Crippen LogP contribution in [0.1, 0.15) is 46.4 Å². The summed E-state index contributed by atoms with van der Waals surface area (Å²) in [6, 6.07) is 13.4. The summed E-state index contributed by atoms with van der Waals surface area (Å²) >= 11 is 16.8. The first-order chi connectivity index (χ1) is 14.0. The molecule has 29 heavy (non-hydrogen) atoms. The number of rotatable bonds is 9. The Hall–Kier alpha value is -2.15. The Morgan fingerprint density at radius 2 is 1.14 bits per heavy atom. The zero-order valence-electron chi connectivity index (χ0n) is 15.8. The number of carbonyl (C=O) groups excluding carboxylic acids is 2. The summed E-state index contributed by atoms with van der Waals surface area (Å²) < 4.78 is 0. The van der Waals surface area contributed by atoms with Gasteiger partial charge < -0.3 is 10.6 Å². The maximum Gasteiger partial charge on any atom is 0.257 e. The van der Waals surface area contributed by atoms with Gasteiger partial charge >= 0.3 is 0 Å². The first-order valence-corrected chi connectivity index (χ1v) is 10.5. The maximum absolute atomic E-state index is 12.0. The Kier molecular flexibility index (Phi) is 9.91. The van der Waals surface area contributed by atoms with E-state index < -0.39 is 0 Å². The molecule has 154 valence electrons. The number of unbranched alkanes of at least 4 members (excludes halogenated alkanes) is 3. The van der Waals surface area contributed by atoms with Crippen molar-refractivity contribution in [2.75, 3.05) is 13.1 Å². The van der Waals surface area contributed by atoms with E-state index in [0.29, 0.717) is 39.4 Å². The minimum Gasteiger partial charge on any atom is -0.362 e. The molecule has 0 aliphatic rings. The van der Waals surface area contributed by atoms with Crippen molar-refractivity contribution in [2.24, 2.45) is 0 Å². The summed E-state index contributed by atoms with van der Waals surface area (Å²) in [5, 5.41) is 10.0. The highest BCUT2D eigenvalue weighted by molar-refractivity contribution is 7.80. The number of amides is 2. The molecule has 2 amide bonds. The van der Waals surface area contributed by atoms with E-state index in [1.165, 1.54) is 0 Å². The van der Waals surface area contributed by atoms with Gasteiger partial charge in [0.05, 0.1) is 0 Å². The molecule has 0 radical (unpaired) electrons. The largest absolute Gasteiger partial charge is 0.362 e. The average Bonchev–Trinajstić information content (AvgIpc) is 2.70. The van der Waals surface area contributed by atoms with Crippen LogP contribution in [0.5, 0.6) is 0 Å². The molecule has 0 spiro atoms. The minimum absolute atomic E-state index is 0.0925. The van der Waals surface area contributed by atoms with Crippen LogP contribution in [0.2, 0.25) is 10.0 Å². The lowest BCUT2D eigenvalue weighted by Gasteiger charge is -2.10. The van der Waals surface area contributed by atoms with Crippen molar-refractivity contribution in [3.05, 3.63) is 69.7 Å². The van der Waals surface area contributed by atoms with Gasteiger partial charge in [0, 0.05) is 34.3 Å². The third-order valence-electron chi connectivity index (χ3n) is 4.11. The molecule has 0 aliphatic carbocycles. The first kappa shape index (κ1) is 23.1. The summed E-state index contributed by atoms with van der Waals surface area (Å²) in [7, 11) is 0. The molecule has 0 saturated heterocycles. The molecule has 0 aromatic heterocycles. The molecule has 0 bridgehead atoms. The lowest BCUT2D eigenvalue weighted by molar-refractivity contribution is 0.0950. The Morgan fingerprint density at radius 3 is 1.66 bits per heavy atom. The Morgan fingerprint density at radius 1 is 0.690 bits per heavy atom. The molecule has 8 heteroatoms. The van der Waals surface area contributed by atoms with E-state index in [2.05, 4.69) is 16.0 Å². The number of hydrogen-bond acceptors (Lipinski definition) is 3. The van der Waals surface area contributed by atoms with Gasteiger partial charge in [-0.3, -0.25) is 14.9 Å². The van der Waals surface area contributed by atoms with E-state index in [1.54, 1.807) is 48.5 Å². The van der Waals surface area contributed by atoms with Gasteiger partial charge in [0.25, 0.3) is 11.8 Å². The van der Waals surface area contributed by atoms with Crippen LogP contribution in [-0.4, -0.2) is 30.0 Å². The highest BCUT2D eigenvalue weighted by atomic mass is 35.5. The molecule has 0 heterocycles. The second-order valence-corrected chi connectivity index (χ2v) is 7.68. The predicted octanol–water partition coefficient (Wildman–Crippen LogP) is 4.59. The van der Waals surface area contributed by atoms with E-state index in [0.717, 1.165) is 25.7 Å². The van der Waals surface area contributed by atoms with Crippen molar-refractivity contribution >= 4 is 52.3 Å². The SMILES string of the molecule is O=C(NCCCCCCNC(=S)NC(=O)c1ccc(Cl)cc1)c1ccc(Cl)cc1. The van der Waals surface area contributed by atoms with Gasteiger partial charge in [-0.2, -0.15) is 0 Å². The number of nitrogens with one attached hydrogen (secondary N) is 3. The predicted molar refractivity (Wildman–Crippen MR) is 122 cm³/mol. The molecule has 2 aromatic rings. The fraction of sp³-hybridized carbons (Fsp3) is 0.286. The summed E-state index contributed by atoms with van der Waals surface area (Å²) in [6.07, 6.45) is 3.81. The first-order valence-electron chi connectivity index (χ1n) is 9.34. The number of thiocarbonyl (C=S) groups is 1. The van der Waals surface area contributed by atoms with Gasteiger partial charge in [-0.05, 0) is 73.6 Å². The van der Waals surface area contributed by atoms with Gasteiger partial charge in [0.15, 0.2) is 5.11 Å². The van der Waals surface area contributed by atoms with Crippen molar-refractivity contribution in [3.63, 3.8) is 0 Å². The number of hydrogen-bond donors (Lipinski definition) is 3. The lowest BCUT2D eigenvalue weighted by Crippen LogP contribution is -2.39. The van der Waals surface area contributed by atoms with Crippen molar-refractivity contribution in [1.29, 1.82) is 0 Å². The maximum atomic E-state index is 12.0. The molecule has 0 atom stereocenters. The number of halogens is 2. The highest BCUT2D eigenvalue weighted by Gasteiger charge is 2.07. The summed E-state index contributed by atoms with van der Waals surface area (Å²) in [6.45, 7) is 1.31. The normalized spacial score (nSPS) is 10.3. The Labute approximate surface area is 186 Å². The van der Waals surface area contributed by atoms with Gasteiger partial charge in [0.2, 0.25) is 0 Å². The van der Waals surface area contributed by atoms with Crippen LogP contribution in [0.4, 0.5) is 0 Å². The molecule has 5 nitrogen and oxygen atoms in total. The highest BCUT2D eigenvalue weighted by Crippen LogP contribution is 2.10. The Balaban J connectivity index is 1.50. The molecule has 2 aromatic carbocycles. The zero-order chi connectivity index (χ0) is 21.1. The molecule has 0 unspecified atom stereocenters. The quantitative estimate of drug-likeness (QED) is 0.385. The van der Waals surface area contributed by atoms with E-state index in [4.69, 9.17) is 35.4 Å². The average molecular weight is 452 g/mol. The molecule has 2 rings (SSSR count). The third kappa shape index (κ3) is 8.81. The van der Waals surface area contributed by atoms with Crippen LogP contribution < -0.4 is 16.0 Å². The van der Waals surface area contributed by atoms with Crippen molar-refractivity contribution in [1.82, 2.24) is 16.0 Å². The lowest BCUT2D eigenvalue weighted by atomic mass is 10.2. The second-order valence-electron chi connectivity index (χ2n) is 6.39. The fourth-order valence-corrected chi connectivity index (χ4v) is 2.98. The van der Waals surface area contributed by atoms with Gasteiger partial charge in [-0.25, -0.2) is 0 Å². The van der Waals surface area contributed by atoms with Gasteiger partial charge in [-0.15, -0.1) is 0 Å². The van der Waals surface area contributed by atoms with E-state index in [9.17, 15) is 9.59 Å². The Bertz CT molecular complexity index is 827. The number of benzene rings is 2. The molecule has 0 saturated carbocycles. The van der Waals surface area contributed by atoms with Crippen LogP contribution in [-0.2, 0) is 0 Å². The zero-order valence-corrected chi connectivity index (χ0v) is 18.2. The topological polar surface area (TPSA) is 70.2 Å². The standard InChI is InChI=1S/C21H23Cl2N3O2S/c22-17-9-5-15(6-10-17)19(27)24-13-3-1-2-4-14-25-21(29)26-20(28)16-7-11-18(23)12-8-16/h5-12H,1-4,13-14H2,(H,24,27)(H2,25,26,28,29).